The average Bonchev–Trinajstić information content (AvgIpc) is 2.01. The monoisotopic (exact) mass is 430 g/mol. The highest BCUT2D eigenvalue weighted by molar-refractivity contribution is 14.1. The van der Waals surface area contributed by atoms with Crippen LogP contribution < -0.4 is 0 Å². The molecule has 14 heavy (non-hydrogen) atoms. The van der Waals surface area contributed by atoms with Crippen LogP contribution in [0.25, 0.3) is 0 Å². The predicted molar refractivity (Wildman–Crippen MR) is 62.3 cm³/mol. The Balaban J connectivity index is 3.02. The number of benzene rings is 1. The summed E-state index contributed by atoms with van der Waals surface area (Å²) in [6.45, 7) is 0. The van der Waals surface area contributed by atoms with Crippen LogP contribution in [0.1, 0.15) is 11.1 Å². The van der Waals surface area contributed by atoms with Gasteiger partial charge in [-0.3, -0.25) is 0 Å². The second-order valence-corrected chi connectivity index (χ2v) is 5.28. The highest BCUT2D eigenvalue weighted by Gasteiger charge is 2.30. The summed E-state index contributed by atoms with van der Waals surface area (Å²) in [6, 6.07) is 4.03. The van der Waals surface area contributed by atoms with Gasteiger partial charge in [-0.25, -0.2) is 0 Å². The molecule has 0 bridgehead atoms. The number of hydrogen-bond donors (Lipinski definition) is 0. The van der Waals surface area contributed by atoms with Gasteiger partial charge in [-0.1, -0.05) is 24.3 Å². The average molecular weight is 430 g/mol. The van der Waals surface area contributed by atoms with Crippen LogP contribution in [0.4, 0.5) is 17.6 Å². The summed E-state index contributed by atoms with van der Waals surface area (Å²) >= 11 is 1.90. The molecule has 1 aromatic rings. The molecule has 0 spiro atoms. The van der Waals surface area contributed by atoms with Crippen molar-refractivity contribution in [1.82, 2.24) is 0 Å². The summed E-state index contributed by atoms with van der Waals surface area (Å²) in [6.07, 6.45) is 0. The maximum absolute atomic E-state index is 12.7. The molecule has 0 aliphatic carbocycles. The van der Waals surface area contributed by atoms with Crippen LogP contribution in [-0.2, 0) is 7.86 Å². The molecular formula is C8H4F4I2. The molecule has 0 unspecified atom stereocenters. The molecule has 0 saturated heterocycles. The van der Waals surface area contributed by atoms with Crippen LogP contribution in [0.3, 0.4) is 0 Å². The Bertz CT molecular complexity index is 277. The van der Waals surface area contributed by atoms with Crippen molar-refractivity contribution < 1.29 is 17.6 Å². The third kappa shape index (κ3) is 3.21. The van der Waals surface area contributed by atoms with E-state index in [2.05, 4.69) is 0 Å². The van der Waals surface area contributed by atoms with E-state index in [-0.39, 0.29) is 11.1 Å². The summed E-state index contributed by atoms with van der Waals surface area (Å²) < 4.78 is 44.7. The molecule has 0 N–H and O–H groups in total. The topological polar surface area (TPSA) is 0 Å². The van der Waals surface area contributed by atoms with Crippen molar-refractivity contribution in [3.05, 3.63) is 35.4 Å². The van der Waals surface area contributed by atoms with E-state index in [0.29, 0.717) is 0 Å². The van der Waals surface area contributed by atoms with Gasteiger partial charge in [0.2, 0.25) is 0 Å². The lowest BCUT2D eigenvalue weighted by molar-refractivity contribution is 0.123. The molecule has 0 fully saturated rings. The molecule has 0 aliphatic rings. The highest BCUT2D eigenvalue weighted by atomic mass is 127. The zero-order valence-electron chi connectivity index (χ0n) is 6.58. The van der Waals surface area contributed by atoms with Crippen LogP contribution in [0.15, 0.2) is 24.3 Å². The van der Waals surface area contributed by atoms with Crippen LogP contribution in [0.2, 0.25) is 0 Å². The summed E-state index contributed by atoms with van der Waals surface area (Å²) in [5.74, 6) is 0. The fourth-order valence-corrected chi connectivity index (χ4v) is 1.57. The minimum atomic E-state index is -3.02. The Hall–Kier alpha value is 0.400. The molecule has 0 atom stereocenters. The van der Waals surface area contributed by atoms with E-state index in [0.717, 1.165) is 69.4 Å². The largest absolute Gasteiger partial charge is 0.321 e. The van der Waals surface area contributed by atoms with Crippen LogP contribution in [0, 0.1) is 0 Å². The Morgan fingerprint density at radius 3 is 1.07 bits per heavy atom. The normalized spacial score (nSPS) is 13.0. The molecule has 0 aromatic heterocycles. The Morgan fingerprint density at radius 1 is 0.714 bits per heavy atom. The first-order valence-corrected chi connectivity index (χ1v) is 5.61. The number of alkyl halides is 6. The smallest absolute Gasteiger partial charge is 0.189 e. The predicted octanol–water partition coefficient (Wildman–Crippen LogP) is 4.66. The van der Waals surface area contributed by atoms with Gasteiger partial charge >= 0.3 is 7.86 Å². The van der Waals surface area contributed by atoms with E-state index in [4.69, 9.17) is 0 Å². The van der Waals surface area contributed by atoms with E-state index in [1.807, 2.05) is 0 Å². The van der Waals surface area contributed by atoms with Gasteiger partial charge in [0, 0.05) is 56.3 Å². The molecule has 0 saturated carbocycles. The molecule has 1 rings (SSSR count). The Kier molecular flexibility index (Phi) is 3.66. The van der Waals surface area contributed by atoms with Gasteiger partial charge in [-0.05, 0) is 0 Å². The zero-order valence-corrected chi connectivity index (χ0v) is 10.9. The molecular weight excluding hydrogens is 426 g/mol. The van der Waals surface area contributed by atoms with E-state index < -0.39 is 7.86 Å². The fourth-order valence-electron chi connectivity index (χ4n) is 0.848. The molecule has 1 aromatic carbocycles. The standard InChI is InChI=1S/C8H4F4I2/c9-7(10,13)5-1-2-6(4-3-5)8(11,12)14/h1-4H. The number of hydrogen-bond acceptors (Lipinski definition) is 0. The van der Waals surface area contributed by atoms with Crippen LogP contribution >= 0.6 is 45.2 Å². The lowest BCUT2D eigenvalue weighted by Gasteiger charge is -2.11. The number of rotatable bonds is 2. The molecule has 0 aliphatic heterocycles. The summed E-state index contributed by atoms with van der Waals surface area (Å²) in [5.41, 5.74) is -0.551. The van der Waals surface area contributed by atoms with E-state index in [9.17, 15) is 17.6 Å². The zero-order chi connectivity index (χ0) is 11.0. The summed E-state index contributed by atoms with van der Waals surface area (Å²) in [5, 5.41) is 0. The van der Waals surface area contributed by atoms with Crippen molar-refractivity contribution in [2.45, 2.75) is 7.86 Å². The quantitative estimate of drug-likeness (QED) is 0.364. The van der Waals surface area contributed by atoms with E-state index >= 15 is 0 Å². The maximum Gasteiger partial charge on any atom is 0.321 e. The lowest BCUT2D eigenvalue weighted by atomic mass is 10.1. The molecule has 6 heteroatoms. The third-order valence-corrected chi connectivity index (χ3v) is 2.79. The van der Waals surface area contributed by atoms with E-state index in [1.54, 1.807) is 0 Å². The SMILES string of the molecule is FC(F)(I)c1ccc(C(F)(F)I)cc1. The van der Waals surface area contributed by atoms with E-state index in [1.165, 1.54) is 0 Å². The van der Waals surface area contributed by atoms with Gasteiger partial charge < -0.3 is 0 Å². The first-order valence-electron chi connectivity index (χ1n) is 3.46. The minimum absolute atomic E-state index is 0.275. The van der Waals surface area contributed by atoms with Gasteiger partial charge in [0.25, 0.3) is 0 Å². The van der Waals surface area contributed by atoms with Gasteiger partial charge in [0.05, 0.1) is 0 Å². The molecule has 0 radical (unpaired) electrons. The van der Waals surface area contributed by atoms with Gasteiger partial charge in [0.1, 0.15) is 0 Å². The van der Waals surface area contributed by atoms with Crippen LogP contribution in [-0.4, -0.2) is 0 Å². The first kappa shape index (κ1) is 12.5. The van der Waals surface area contributed by atoms with Crippen molar-refractivity contribution in [2.75, 3.05) is 0 Å². The molecule has 0 amide bonds. The third-order valence-electron chi connectivity index (χ3n) is 1.54. The second kappa shape index (κ2) is 4.11. The van der Waals surface area contributed by atoms with Gasteiger partial charge in [-0.2, -0.15) is 17.6 Å². The van der Waals surface area contributed by atoms with Crippen molar-refractivity contribution in [3.63, 3.8) is 0 Å². The highest BCUT2D eigenvalue weighted by Crippen LogP contribution is 2.38. The van der Waals surface area contributed by atoms with Gasteiger partial charge in [-0.15, -0.1) is 0 Å². The van der Waals surface area contributed by atoms with Crippen molar-refractivity contribution in [3.8, 4) is 0 Å². The Labute approximate surface area is 105 Å². The molecule has 0 heterocycles. The van der Waals surface area contributed by atoms with Crippen molar-refractivity contribution >= 4 is 45.2 Å². The van der Waals surface area contributed by atoms with Crippen LogP contribution in [0.5, 0.6) is 0 Å². The Morgan fingerprint density at radius 2 is 0.929 bits per heavy atom. The lowest BCUT2D eigenvalue weighted by Crippen LogP contribution is -2.05. The van der Waals surface area contributed by atoms with Gasteiger partial charge in [0.15, 0.2) is 0 Å². The summed E-state index contributed by atoms with van der Waals surface area (Å²) in [4.78, 5) is 0. The number of halogens is 6. The second-order valence-electron chi connectivity index (χ2n) is 2.57. The van der Waals surface area contributed by atoms with Crippen molar-refractivity contribution in [2.24, 2.45) is 0 Å². The molecule has 0 nitrogen and oxygen atoms in total. The maximum atomic E-state index is 12.7. The first-order chi connectivity index (χ1) is 6.21. The van der Waals surface area contributed by atoms with Crippen molar-refractivity contribution in [1.29, 1.82) is 0 Å². The fraction of sp³-hybridized carbons (Fsp3) is 0.250. The minimum Gasteiger partial charge on any atom is -0.189 e. The molecule has 78 valence electrons. The summed E-state index contributed by atoms with van der Waals surface area (Å²) in [7, 11) is 0.